The Morgan fingerprint density at radius 2 is 2.28 bits per heavy atom. The summed E-state index contributed by atoms with van der Waals surface area (Å²) in [6, 6.07) is 10.4. The first-order chi connectivity index (χ1) is 8.85. The van der Waals surface area contributed by atoms with E-state index < -0.39 is 0 Å². The van der Waals surface area contributed by atoms with Gasteiger partial charge in [-0.05, 0) is 40.3 Å². The summed E-state index contributed by atoms with van der Waals surface area (Å²) < 4.78 is 0. The van der Waals surface area contributed by atoms with Gasteiger partial charge in [-0.3, -0.25) is 0 Å². The smallest absolute Gasteiger partial charge is 0.102 e. The molecule has 0 aliphatic carbocycles. The lowest BCUT2D eigenvalue weighted by atomic mass is 10.2. The Morgan fingerprint density at radius 3 is 2.94 bits per heavy atom. The molecule has 2 rings (SSSR count). The summed E-state index contributed by atoms with van der Waals surface area (Å²) in [5, 5.41) is 16.8. The predicted octanol–water partition coefficient (Wildman–Crippen LogP) is 4.34. The second-order valence-electron chi connectivity index (χ2n) is 3.71. The summed E-state index contributed by atoms with van der Waals surface area (Å²) in [6.45, 7) is 2.86. The molecule has 2 nitrogen and oxygen atoms in total. The molecule has 0 radical (unpaired) electrons. The van der Waals surface area contributed by atoms with Gasteiger partial charge in [0.2, 0.25) is 0 Å². The van der Waals surface area contributed by atoms with Gasteiger partial charge in [-0.25, -0.2) is 0 Å². The Morgan fingerprint density at radius 1 is 1.39 bits per heavy atom. The van der Waals surface area contributed by atoms with Crippen molar-refractivity contribution >= 4 is 28.8 Å². The van der Waals surface area contributed by atoms with E-state index in [4.69, 9.17) is 0 Å². The van der Waals surface area contributed by atoms with Gasteiger partial charge in [-0.2, -0.15) is 16.6 Å². The van der Waals surface area contributed by atoms with Gasteiger partial charge in [-0.15, -0.1) is 11.8 Å². The van der Waals surface area contributed by atoms with Crippen LogP contribution in [0.5, 0.6) is 0 Å². The van der Waals surface area contributed by atoms with Crippen molar-refractivity contribution in [1.29, 1.82) is 5.26 Å². The van der Waals surface area contributed by atoms with Crippen LogP contribution in [0.2, 0.25) is 0 Å². The van der Waals surface area contributed by atoms with Crippen LogP contribution in [0.15, 0.2) is 39.9 Å². The van der Waals surface area contributed by atoms with Gasteiger partial charge in [0.25, 0.3) is 0 Å². The molecular formula is C14H14N2S2. The summed E-state index contributed by atoms with van der Waals surface area (Å²) in [6.07, 6.45) is 0. The average Bonchev–Trinajstić information content (AvgIpc) is 2.90. The second-order valence-corrected chi connectivity index (χ2v) is 5.79. The highest BCUT2D eigenvalue weighted by molar-refractivity contribution is 7.99. The third-order valence-electron chi connectivity index (χ3n) is 2.50. The maximum atomic E-state index is 9.28. The first-order valence-corrected chi connectivity index (χ1v) is 7.69. The van der Waals surface area contributed by atoms with Crippen molar-refractivity contribution in [2.24, 2.45) is 0 Å². The maximum absolute atomic E-state index is 9.28. The number of hydrogen-bond donors (Lipinski definition) is 1. The van der Waals surface area contributed by atoms with Gasteiger partial charge >= 0.3 is 0 Å². The molecule has 0 fully saturated rings. The zero-order valence-electron chi connectivity index (χ0n) is 10.1. The molecule has 1 N–H and O–H groups in total. The summed E-state index contributed by atoms with van der Waals surface area (Å²) >= 11 is 3.39. The van der Waals surface area contributed by atoms with Gasteiger partial charge in [0.05, 0.1) is 11.3 Å². The van der Waals surface area contributed by atoms with Gasteiger partial charge in [0.1, 0.15) is 6.07 Å². The number of nitriles is 1. The minimum absolute atomic E-state index is 0.750. The first-order valence-electron chi connectivity index (χ1n) is 5.76. The molecule has 0 aliphatic rings. The van der Waals surface area contributed by atoms with Crippen molar-refractivity contribution in [3.8, 4) is 6.07 Å². The van der Waals surface area contributed by atoms with Gasteiger partial charge in [-0.1, -0.05) is 13.0 Å². The third kappa shape index (κ3) is 3.06. The quantitative estimate of drug-likeness (QED) is 0.824. The summed E-state index contributed by atoms with van der Waals surface area (Å²) in [5.41, 5.74) is 2.92. The van der Waals surface area contributed by atoms with Crippen molar-refractivity contribution in [1.82, 2.24) is 0 Å². The Hall–Kier alpha value is -1.44. The lowest BCUT2D eigenvalue weighted by molar-refractivity contribution is 1.15. The van der Waals surface area contributed by atoms with Crippen LogP contribution in [0.1, 0.15) is 18.1 Å². The molecule has 92 valence electrons. The fourth-order valence-electron chi connectivity index (χ4n) is 1.66. The molecule has 1 heterocycles. The van der Waals surface area contributed by atoms with Crippen LogP contribution in [0.3, 0.4) is 0 Å². The SMILES string of the molecule is CCSc1cccc(NCc2ccsc2)c1C#N. The van der Waals surface area contributed by atoms with E-state index in [2.05, 4.69) is 35.1 Å². The van der Waals surface area contributed by atoms with Crippen LogP contribution in [0.4, 0.5) is 5.69 Å². The first kappa shape index (κ1) is 13.0. The van der Waals surface area contributed by atoms with E-state index in [1.165, 1.54) is 5.56 Å². The maximum Gasteiger partial charge on any atom is 0.102 e. The molecule has 1 aromatic carbocycles. The summed E-state index contributed by atoms with van der Waals surface area (Å²) in [7, 11) is 0. The number of nitrogens with one attached hydrogen (secondary N) is 1. The van der Waals surface area contributed by atoms with Crippen LogP contribution in [-0.2, 0) is 6.54 Å². The fraction of sp³-hybridized carbons (Fsp3) is 0.214. The molecule has 4 heteroatoms. The molecule has 1 aromatic heterocycles. The third-order valence-corrected chi connectivity index (χ3v) is 4.17. The van der Waals surface area contributed by atoms with E-state index >= 15 is 0 Å². The summed E-state index contributed by atoms with van der Waals surface area (Å²) in [4.78, 5) is 1.05. The van der Waals surface area contributed by atoms with Crippen LogP contribution in [0.25, 0.3) is 0 Å². The van der Waals surface area contributed by atoms with E-state index in [1.807, 2.05) is 18.2 Å². The van der Waals surface area contributed by atoms with E-state index in [0.29, 0.717) is 0 Å². The standard InChI is InChI=1S/C14H14N2S2/c1-2-18-14-5-3-4-13(12(14)8-15)16-9-11-6-7-17-10-11/h3-7,10,16H,2,9H2,1H3. The van der Waals surface area contributed by atoms with E-state index in [-0.39, 0.29) is 0 Å². The van der Waals surface area contributed by atoms with Crippen molar-refractivity contribution in [2.45, 2.75) is 18.4 Å². The van der Waals surface area contributed by atoms with Crippen molar-refractivity contribution in [3.05, 3.63) is 46.2 Å². The number of rotatable bonds is 5. The van der Waals surface area contributed by atoms with E-state index in [0.717, 1.165) is 28.4 Å². The monoisotopic (exact) mass is 274 g/mol. The van der Waals surface area contributed by atoms with Gasteiger partial charge in [0.15, 0.2) is 0 Å². The predicted molar refractivity (Wildman–Crippen MR) is 79.2 cm³/mol. The van der Waals surface area contributed by atoms with E-state index in [1.54, 1.807) is 23.1 Å². The number of benzene rings is 1. The Labute approximate surface area is 116 Å². The molecule has 0 aliphatic heterocycles. The van der Waals surface area contributed by atoms with Gasteiger partial charge in [0, 0.05) is 11.4 Å². The Kier molecular flexibility index (Phi) is 4.68. The van der Waals surface area contributed by atoms with Gasteiger partial charge < -0.3 is 5.32 Å². The zero-order valence-corrected chi connectivity index (χ0v) is 11.8. The minimum atomic E-state index is 0.750. The zero-order chi connectivity index (χ0) is 12.8. The highest BCUT2D eigenvalue weighted by Crippen LogP contribution is 2.28. The fourth-order valence-corrected chi connectivity index (χ4v) is 3.11. The summed E-state index contributed by atoms with van der Waals surface area (Å²) in [5.74, 6) is 0.975. The Balaban J connectivity index is 2.17. The second kappa shape index (κ2) is 6.48. The van der Waals surface area contributed by atoms with Crippen LogP contribution in [0, 0.1) is 11.3 Å². The lowest BCUT2D eigenvalue weighted by Gasteiger charge is -2.10. The van der Waals surface area contributed by atoms with Crippen molar-refractivity contribution in [2.75, 3.05) is 11.1 Å². The lowest BCUT2D eigenvalue weighted by Crippen LogP contribution is -2.01. The number of thiophene rings is 1. The highest BCUT2D eigenvalue weighted by Gasteiger charge is 2.07. The molecule has 0 amide bonds. The average molecular weight is 274 g/mol. The molecule has 0 saturated carbocycles. The van der Waals surface area contributed by atoms with E-state index in [9.17, 15) is 5.26 Å². The molecular weight excluding hydrogens is 260 g/mol. The molecule has 0 spiro atoms. The number of thioether (sulfide) groups is 1. The molecule has 0 unspecified atom stereocenters. The van der Waals surface area contributed by atoms with Crippen molar-refractivity contribution in [3.63, 3.8) is 0 Å². The highest BCUT2D eigenvalue weighted by atomic mass is 32.2. The van der Waals surface area contributed by atoms with Crippen LogP contribution in [-0.4, -0.2) is 5.75 Å². The molecule has 0 bridgehead atoms. The topological polar surface area (TPSA) is 35.8 Å². The normalized spacial score (nSPS) is 10.0. The number of anilines is 1. The largest absolute Gasteiger partial charge is 0.380 e. The molecule has 0 atom stereocenters. The minimum Gasteiger partial charge on any atom is -0.380 e. The van der Waals surface area contributed by atoms with Crippen molar-refractivity contribution < 1.29 is 0 Å². The molecule has 2 aromatic rings. The van der Waals surface area contributed by atoms with Crippen LogP contribution < -0.4 is 5.32 Å². The Bertz CT molecular complexity index is 541. The molecule has 0 saturated heterocycles. The number of nitrogens with zero attached hydrogens (tertiary/aromatic N) is 1. The number of hydrogen-bond acceptors (Lipinski definition) is 4. The van der Waals surface area contributed by atoms with Crippen LogP contribution >= 0.6 is 23.1 Å². The molecule has 18 heavy (non-hydrogen) atoms.